The fourth-order valence-corrected chi connectivity index (χ4v) is 4.12. The Labute approximate surface area is 250 Å². The van der Waals surface area contributed by atoms with Crippen molar-refractivity contribution in [1.82, 2.24) is 15.0 Å². The molecule has 42 heavy (non-hydrogen) atoms. The molecule has 0 amide bonds. The molecular formula is C39H39N3. The lowest BCUT2D eigenvalue weighted by Gasteiger charge is -2.10. The summed E-state index contributed by atoms with van der Waals surface area (Å²) in [6, 6.07) is 37.7. The van der Waals surface area contributed by atoms with Crippen LogP contribution in [-0.4, -0.2) is 15.0 Å². The second-order valence-electron chi connectivity index (χ2n) is 9.52. The highest BCUT2D eigenvalue weighted by Gasteiger charge is 2.13. The molecule has 0 atom stereocenters. The maximum absolute atomic E-state index is 4.91. The highest BCUT2D eigenvalue weighted by molar-refractivity contribution is 5.88. The van der Waals surface area contributed by atoms with E-state index in [0.717, 1.165) is 16.7 Å². The Kier molecular flexibility index (Phi) is 12.1. The van der Waals surface area contributed by atoms with Gasteiger partial charge in [-0.3, -0.25) is 0 Å². The molecule has 1 aromatic heterocycles. The maximum Gasteiger partial charge on any atom is 0.164 e. The van der Waals surface area contributed by atoms with E-state index in [4.69, 9.17) is 15.0 Å². The molecule has 0 fully saturated rings. The molecule has 0 aliphatic heterocycles. The highest BCUT2D eigenvalue weighted by Crippen LogP contribution is 2.28. The van der Waals surface area contributed by atoms with Gasteiger partial charge in [0.05, 0.1) is 0 Å². The average molecular weight is 550 g/mol. The van der Waals surface area contributed by atoms with Gasteiger partial charge in [0.1, 0.15) is 0 Å². The predicted octanol–water partition coefficient (Wildman–Crippen LogP) is 11.1. The number of nitrogens with zero attached hydrogens (tertiary/aromatic N) is 3. The Hall–Kier alpha value is -5.15. The maximum atomic E-state index is 4.91. The van der Waals surface area contributed by atoms with Gasteiger partial charge in [0.25, 0.3) is 0 Å². The van der Waals surface area contributed by atoms with E-state index < -0.39 is 0 Å². The van der Waals surface area contributed by atoms with Gasteiger partial charge in [0, 0.05) is 16.7 Å². The fraction of sp³-hybridized carbons (Fsp3) is 0.103. The third kappa shape index (κ3) is 8.42. The van der Waals surface area contributed by atoms with Crippen molar-refractivity contribution in [1.29, 1.82) is 0 Å². The van der Waals surface area contributed by atoms with Gasteiger partial charge in [0.15, 0.2) is 17.5 Å². The van der Waals surface area contributed by atoms with Crippen LogP contribution in [0.2, 0.25) is 0 Å². The Balaban J connectivity index is 0.000000481. The van der Waals surface area contributed by atoms with Crippen molar-refractivity contribution in [2.24, 2.45) is 0 Å². The lowest BCUT2D eigenvalue weighted by Crippen LogP contribution is -2.00. The summed E-state index contributed by atoms with van der Waals surface area (Å²) >= 11 is 0. The van der Waals surface area contributed by atoms with Gasteiger partial charge < -0.3 is 0 Å². The lowest BCUT2D eigenvalue weighted by molar-refractivity contribution is 1.07. The van der Waals surface area contributed by atoms with Gasteiger partial charge in [-0.05, 0) is 61.4 Å². The number of fused-ring (bicyclic) bond motifs is 2. The van der Waals surface area contributed by atoms with Crippen LogP contribution < -0.4 is 0 Å². The third-order valence-electron chi connectivity index (χ3n) is 5.96. The molecule has 6 rings (SSSR count). The molecule has 0 aliphatic rings. The van der Waals surface area contributed by atoms with Crippen molar-refractivity contribution in [2.45, 2.75) is 27.7 Å². The van der Waals surface area contributed by atoms with Gasteiger partial charge in [-0.1, -0.05) is 121 Å². The molecule has 6 aromatic rings. The monoisotopic (exact) mass is 549 g/mol. The van der Waals surface area contributed by atoms with E-state index in [2.05, 4.69) is 136 Å². The molecular weight excluding hydrogens is 510 g/mol. The molecule has 5 aromatic carbocycles. The topological polar surface area (TPSA) is 38.7 Å². The van der Waals surface area contributed by atoms with Gasteiger partial charge in [-0.2, -0.15) is 0 Å². The molecule has 0 spiro atoms. The first-order valence-corrected chi connectivity index (χ1v) is 14.0. The van der Waals surface area contributed by atoms with Crippen LogP contribution in [0.15, 0.2) is 147 Å². The normalized spacial score (nSPS) is 9.71. The van der Waals surface area contributed by atoms with Crippen LogP contribution in [0.3, 0.4) is 0 Å². The summed E-state index contributed by atoms with van der Waals surface area (Å²) in [5.41, 5.74) is 4.14. The highest BCUT2D eigenvalue weighted by atomic mass is 15.0. The zero-order valence-corrected chi connectivity index (χ0v) is 25.1. The first kappa shape index (κ1) is 31.4. The fourth-order valence-electron chi connectivity index (χ4n) is 4.12. The number of hydrogen-bond acceptors (Lipinski definition) is 3. The van der Waals surface area contributed by atoms with Crippen LogP contribution in [0.25, 0.3) is 55.7 Å². The van der Waals surface area contributed by atoms with E-state index in [-0.39, 0.29) is 0 Å². The Morgan fingerprint density at radius 3 is 1.12 bits per heavy atom. The van der Waals surface area contributed by atoms with Crippen molar-refractivity contribution in [3.8, 4) is 34.2 Å². The van der Waals surface area contributed by atoms with Crippen LogP contribution in [0.4, 0.5) is 0 Å². The van der Waals surface area contributed by atoms with Crippen LogP contribution in [-0.2, 0) is 0 Å². The predicted molar refractivity (Wildman–Crippen MR) is 183 cm³/mol. The standard InChI is InChI=1S/C30H21N3.3C3H6/c1-20-10-12-23(13-11-20)28-31-29(26-16-14-21-6-2-4-8-24(21)18-26)33-30(32-28)27-17-15-22-7-3-5-9-25(22)19-27;3*1-3-2/h2-19H,1H3;3*3H,1H2,2H3. The second kappa shape index (κ2) is 16.2. The number of aromatic nitrogens is 3. The second-order valence-corrected chi connectivity index (χ2v) is 9.52. The summed E-state index contributed by atoms with van der Waals surface area (Å²) in [6.45, 7) is 17.8. The molecule has 3 heteroatoms. The van der Waals surface area contributed by atoms with E-state index in [9.17, 15) is 0 Å². The summed E-state index contributed by atoms with van der Waals surface area (Å²) in [5, 5.41) is 4.73. The van der Waals surface area contributed by atoms with E-state index in [0.29, 0.717) is 17.5 Å². The first-order chi connectivity index (χ1) is 20.5. The summed E-state index contributed by atoms with van der Waals surface area (Å²) in [4.78, 5) is 14.7. The van der Waals surface area contributed by atoms with Gasteiger partial charge in [-0.25, -0.2) is 15.0 Å². The Morgan fingerprint density at radius 2 is 0.738 bits per heavy atom. The molecule has 0 aliphatic carbocycles. The number of allylic oxidation sites excluding steroid dienone is 3. The van der Waals surface area contributed by atoms with Crippen LogP contribution in [0, 0.1) is 6.92 Å². The van der Waals surface area contributed by atoms with Crippen LogP contribution >= 0.6 is 0 Å². The van der Waals surface area contributed by atoms with Gasteiger partial charge in [-0.15, -0.1) is 19.7 Å². The number of aryl methyl sites for hydroxylation is 1. The van der Waals surface area contributed by atoms with Crippen molar-refractivity contribution in [3.05, 3.63) is 153 Å². The summed E-state index contributed by atoms with van der Waals surface area (Å²) in [6.07, 6.45) is 5.25. The SMILES string of the molecule is C=CC.C=CC.C=CC.Cc1ccc(-c2nc(-c3ccc4ccccc4c3)nc(-c3ccc4ccccc4c3)n2)cc1. The average Bonchev–Trinajstić information content (AvgIpc) is 3.02. The third-order valence-corrected chi connectivity index (χ3v) is 5.96. The quantitative estimate of drug-likeness (QED) is 0.206. The van der Waals surface area contributed by atoms with Crippen molar-refractivity contribution in [2.75, 3.05) is 0 Å². The molecule has 210 valence electrons. The first-order valence-electron chi connectivity index (χ1n) is 14.0. The van der Waals surface area contributed by atoms with E-state index in [1.54, 1.807) is 18.2 Å². The number of rotatable bonds is 3. The lowest BCUT2D eigenvalue weighted by atomic mass is 10.1. The number of benzene rings is 5. The largest absolute Gasteiger partial charge is 0.208 e. The Morgan fingerprint density at radius 1 is 0.429 bits per heavy atom. The minimum Gasteiger partial charge on any atom is -0.208 e. The van der Waals surface area contributed by atoms with Gasteiger partial charge in [0.2, 0.25) is 0 Å². The molecule has 0 saturated heterocycles. The van der Waals surface area contributed by atoms with Crippen LogP contribution in [0.1, 0.15) is 26.3 Å². The van der Waals surface area contributed by atoms with E-state index >= 15 is 0 Å². The summed E-state index contributed by atoms with van der Waals surface area (Å²) in [5.74, 6) is 2.03. The van der Waals surface area contributed by atoms with Crippen molar-refractivity contribution in [3.63, 3.8) is 0 Å². The molecule has 0 unspecified atom stereocenters. The summed E-state index contributed by atoms with van der Waals surface area (Å²) in [7, 11) is 0. The molecule has 0 saturated carbocycles. The Bertz CT molecular complexity index is 1650. The molecule has 0 N–H and O–H groups in total. The van der Waals surface area contributed by atoms with Gasteiger partial charge >= 0.3 is 0 Å². The summed E-state index contributed by atoms with van der Waals surface area (Å²) < 4.78 is 0. The van der Waals surface area contributed by atoms with Crippen molar-refractivity contribution >= 4 is 21.5 Å². The zero-order chi connectivity index (χ0) is 30.3. The molecule has 0 radical (unpaired) electrons. The van der Waals surface area contributed by atoms with E-state index in [1.807, 2.05) is 20.8 Å². The minimum absolute atomic E-state index is 0.675. The van der Waals surface area contributed by atoms with E-state index in [1.165, 1.54) is 27.1 Å². The number of hydrogen-bond donors (Lipinski definition) is 0. The van der Waals surface area contributed by atoms with Crippen LogP contribution in [0.5, 0.6) is 0 Å². The molecule has 1 heterocycles. The smallest absolute Gasteiger partial charge is 0.164 e. The minimum atomic E-state index is 0.675. The molecule has 3 nitrogen and oxygen atoms in total. The molecule has 0 bridgehead atoms. The zero-order valence-electron chi connectivity index (χ0n) is 25.1. The van der Waals surface area contributed by atoms with Crippen molar-refractivity contribution < 1.29 is 0 Å².